The van der Waals surface area contributed by atoms with Gasteiger partial charge in [-0.05, 0) is 31.2 Å². The van der Waals surface area contributed by atoms with Gasteiger partial charge in [0.2, 0.25) is 0 Å². The van der Waals surface area contributed by atoms with Gasteiger partial charge < -0.3 is 35.2 Å². The number of rotatable bonds is 8. The highest BCUT2D eigenvalue weighted by Crippen LogP contribution is 2.41. The summed E-state index contributed by atoms with van der Waals surface area (Å²) in [5.74, 6) is -1.51. The van der Waals surface area contributed by atoms with Crippen LogP contribution >= 0.6 is 11.3 Å². The number of carbonyl (C=O) groups excluding carboxylic acids is 1. The van der Waals surface area contributed by atoms with E-state index in [0.717, 1.165) is 11.3 Å². The Labute approximate surface area is 234 Å². The highest BCUT2D eigenvalue weighted by atomic mass is 32.1. The van der Waals surface area contributed by atoms with Gasteiger partial charge >= 0.3 is 12.0 Å². The van der Waals surface area contributed by atoms with Crippen molar-refractivity contribution >= 4 is 32.7 Å². The molecule has 4 heterocycles. The number of aliphatic hydroxyl groups is 4. The Hall–Kier alpha value is -3.93. The number of aromatic nitrogens is 4. The number of aliphatic hydroxyl groups excluding tert-OH is 4. The number of benzene rings is 1. The van der Waals surface area contributed by atoms with Crippen molar-refractivity contribution < 1.29 is 43.5 Å². The van der Waals surface area contributed by atoms with Gasteiger partial charge in [0.05, 0.1) is 17.0 Å². The van der Waals surface area contributed by atoms with Crippen LogP contribution in [0.5, 0.6) is 6.01 Å². The van der Waals surface area contributed by atoms with E-state index in [1.54, 1.807) is 6.92 Å². The summed E-state index contributed by atoms with van der Waals surface area (Å²) in [4.78, 5) is 28.5. The molecule has 16 heteroatoms. The number of nitrogens with one attached hydrogen (secondary N) is 2. The number of ether oxygens (including phenoxy) is 2. The number of carbonyl (C=O) groups is 1. The van der Waals surface area contributed by atoms with Crippen molar-refractivity contribution in [2.75, 3.05) is 18.5 Å². The molecule has 0 saturated carbocycles. The Morgan fingerprint density at radius 1 is 1.20 bits per heavy atom. The van der Waals surface area contributed by atoms with Crippen LogP contribution in [-0.4, -0.2) is 90.3 Å². The summed E-state index contributed by atoms with van der Waals surface area (Å²) in [7, 11) is 0. The molecule has 0 radical (unpaired) electrons. The van der Waals surface area contributed by atoms with Crippen LogP contribution in [0.25, 0.3) is 32.7 Å². The van der Waals surface area contributed by atoms with Crippen LogP contribution in [0.4, 0.5) is 18.7 Å². The summed E-state index contributed by atoms with van der Waals surface area (Å²) >= 11 is 0.933. The lowest BCUT2D eigenvalue weighted by molar-refractivity contribution is -0.150. The minimum atomic E-state index is -1.71. The van der Waals surface area contributed by atoms with Crippen LogP contribution in [-0.2, 0) is 4.74 Å². The number of pyridine rings is 1. The first kappa shape index (κ1) is 28.6. The van der Waals surface area contributed by atoms with Gasteiger partial charge in [0, 0.05) is 30.1 Å². The molecule has 216 valence electrons. The predicted molar refractivity (Wildman–Crippen MR) is 141 cm³/mol. The molecular weight excluding hydrogens is 566 g/mol. The maximum absolute atomic E-state index is 16.0. The van der Waals surface area contributed by atoms with E-state index in [1.807, 2.05) is 0 Å². The molecule has 3 aromatic heterocycles. The largest absolute Gasteiger partial charge is 0.454 e. The quantitative estimate of drug-likeness (QED) is 0.174. The van der Waals surface area contributed by atoms with Crippen LogP contribution in [0.2, 0.25) is 0 Å². The van der Waals surface area contributed by atoms with Crippen molar-refractivity contribution in [1.29, 1.82) is 0 Å². The molecule has 0 bridgehead atoms. The summed E-state index contributed by atoms with van der Waals surface area (Å²) in [6.07, 6.45) is -4.93. The minimum absolute atomic E-state index is 0.0218. The average Bonchev–Trinajstić information content (AvgIpc) is 3.50. The van der Waals surface area contributed by atoms with Crippen LogP contribution in [0, 0.1) is 11.6 Å². The second-order valence-corrected chi connectivity index (χ2v) is 9.84. The Balaban J connectivity index is 1.58. The highest BCUT2D eigenvalue weighted by molar-refractivity contribution is 7.22. The summed E-state index contributed by atoms with van der Waals surface area (Å²) < 4.78 is 41.7. The molecule has 5 atom stereocenters. The molecular formula is C25H24F2N6O7S. The van der Waals surface area contributed by atoms with Gasteiger partial charge in [-0.25, -0.2) is 23.5 Å². The molecule has 13 nitrogen and oxygen atoms in total. The summed E-state index contributed by atoms with van der Waals surface area (Å²) in [6, 6.07) is 4.36. The van der Waals surface area contributed by atoms with Crippen molar-refractivity contribution in [3.8, 4) is 28.5 Å². The number of urea groups is 1. The van der Waals surface area contributed by atoms with Crippen LogP contribution in [0.3, 0.4) is 0 Å². The van der Waals surface area contributed by atoms with E-state index in [-0.39, 0.29) is 43.9 Å². The molecule has 0 aliphatic carbocycles. The first-order chi connectivity index (χ1) is 19.7. The predicted octanol–water partition coefficient (Wildman–Crippen LogP) is 1.41. The zero-order valence-corrected chi connectivity index (χ0v) is 22.0. The molecule has 1 fully saturated rings. The molecule has 2 amide bonds. The SMILES string of the molecule is CCNC(=O)Nc1nc2c(F)c(-c3ccnc(OC4C(O)C(O)OC4C(O)CO)n3)cc(-c3ncccc3F)c2s1. The number of nitrogens with zero attached hydrogens (tertiary/aromatic N) is 4. The van der Waals surface area contributed by atoms with Crippen molar-refractivity contribution in [2.45, 2.75) is 37.6 Å². The maximum Gasteiger partial charge on any atom is 0.321 e. The molecule has 4 aromatic rings. The number of halogens is 2. The molecule has 5 unspecified atom stereocenters. The molecule has 41 heavy (non-hydrogen) atoms. The zero-order valence-electron chi connectivity index (χ0n) is 21.2. The van der Waals surface area contributed by atoms with E-state index in [2.05, 4.69) is 30.6 Å². The van der Waals surface area contributed by atoms with Gasteiger partial charge in [-0.2, -0.15) is 4.98 Å². The summed E-state index contributed by atoms with van der Waals surface area (Å²) in [6.45, 7) is 1.33. The Bertz CT molecular complexity index is 1580. The molecule has 5 rings (SSSR count). The lowest BCUT2D eigenvalue weighted by Crippen LogP contribution is -2.44. The van der Waals surface area contributed by atoms with E-state index in [4.69, 9.17) is 9.47 Å². The minimum Gasteiger partial charge on any atom is -0.454 e. The van der Waals surface area contributed by atoms with E-state index in [1.165, 1.54) is 36.7 Å². The second kappa shape index (κ2) is 11.9. The Morgan fingerprint density at radius 3 is 2.73 bits per heavy atom. The number of fused-ring (bicyclic) bond motifs is 1. The van der Waals surface area contributed by atoms with E-state index in [0.29, 0.717) is 6.54 Å². The lowest BCUT2D eigenvalue weighted by atomic mass is 10.0. The zero-order chi connectivity index (χ0) is 29.3. The van der Waals surface area contributed by atoms with Crippen LogP contribution in [0.1, 0.15) is 6.92 Å². The van der Waals surface area contributed by atoms with E-state index < -0.39 is 55.0 Å². The third-order valence-electron chi connectivity index (χ3n) is 6.14. The lowest BCUT2D eigenvalue weighted by Gasteiger charge is -2.23. The maximum atomic E-state index is 16.0. The monoisotopic (exact) mass is 590 g/mol. The van der Waals surface area contributed by atoms with E-state index in [9.17, 15) is 29.6 Å². The number of anilines is 1. The van der Waals surface area contributed by atoms with Crippen molar-refractivity contribution in [3.05, 3.63) is 48.3 Å². The fourth-order valence-corrected chi connectivity index (χ4v) is 5.22. The summed E-state index contributed by atoms with van der Waals surface area (Å²) in [5.41, 5.74) is -0.222. The molecule has 1 aliphatic rings. The fraction of sp³-hybridized carbons (Fsp3) is 0.320. The standard InChI is InChI=1S/C25H24F2N6O7S/c1-2-28-23(38)33-25-32-17-15(27)10(8-11(21(17)41-25)16-12(26)4-3-6-29-16)13-5-7-30-24(31-13)40-20-18(36)22(37)39-19(20)14(35)9-34/h3-8,14,18-20,22,34-37H,2,9H2,1H3,(H2,28,32,33,38). The summed E-state index contributed by atoms with van der Waals surface area (Å²) in [5, 5.41) is 44.6. The number of thiazole rings is 1. The average molecular weight is 591 g/mol. The Morgan fingerprint density at radius 2 is 2.00 bits per heavy atom. The topological polar surface area (TPSA) is 192 Å². The van der Waals surface area contributed by atoms with Crippen molar-refractivity contribution in [2.24, 2.45) is 0 Å². The van der Waals surface area contributed by atoms with Gasteiger partial charge in [0.15, 0.2) is 23.3 Å². The third kappa shape index (κ3) is 5.65. The van der Waals surface area contributed by atoms with Crippen LogP contribution < -0.4 is 15.4 Å². The molecule has 1 saturated heterocycles. The first-order valence-corrected chi connectivity index (χ1v) is 13.1. The second-order valence-electron chi connectivity index (χ2n) is 8.84. The van der Waals surface area contributed by atoms with Gasteiger partial charge in [-0.15, -0.1) is 0 Å². The van der Waals surface area contributed by atoms with Crippen LogP contribution in [0.15, 0.2) is 36.7 Å². The molecule has 0 spiro atoms. The third-order valence-corrected chi connectivity index (χ3v) is 7.15. The number of hydrogen-bond acceptors (Lipinski definition) is 12. The van der Waals surface area contributed by atoms with Crippen molar-refractivity contribution in [3.63, 3.8) is 0 Å². The molecule has 6 N–H and O–H groups in total. The van der Waals surface area contributed by atoms with Crippen molar-refractivity contribution in [1.82, 2.24) is 25.3 Å². The number of hydrogen-bond donors (Lipinski definition) is 6. The van der Waals surface area contributed by atoms with E-state index >= 15 is 4.39 Å². The van der Waals surface area contributed by atoms with Gasteiger partial charge in [0.1, 0.15) is 35.3 Å². The normalized spacial score (nSPS) is 21.1. The fourth-order valence-electron chi connectivity index (χ4n) is 4.25. The molecule has 1 aromatic carbocycles. The number of amides is 2. The smallest absolute Gasteiger partial charge is 0.321 e. The Kier molecular flexibility index (Phi) is 8.30. The highest BCUT2D eigenvalue weighted by Gasteiger charge is 2.48. The first-order valence-electron chi connectivity index (χ1n) is 12.3. The molecule has 1 aliphatic heterocycles. The van der Waals surface area contributed by atoms with Gasteiger partial charge in [-0.3, -0.25) is 10.3 Å². The van der Waals surface area contributed by atoms with Gasteiger partial charge in [-0.1, -0.05) is 11.3 Å². The van der Waals surface area contributed by atoms with Gasteiger partial charge in [0.25, 0.3) is 0 Å².